The highest BCUT2D eigenvalue weighted by molar-refractivity contribution is 8.00. The maximum Gasteiger partial charge on any atom is 0.164 e. The first-order valence-electron chi connectivity index (χ1n) is 6.91. The van der Waals surface area contributed by atoms with E-state index in [4.69, 9.17) is 0 Å². The van der Waals surface area contributed by atoms with Crippen molar-refractivity contribution in [2.75, 3.05) is 25.4 Å². The van der Waals surface area contributed by atoms with Crippen LogP contribution >= 0.6 is 11.8 Å². The fourth-order valence-corrected chi connectivity index (χ4v) is 3.60. The van der Waals surface area contributed by atoms with Gasteiger partial charge >= 0.3 is 0 Å². The van der Waals surface area contributed by atoms with E-state index in [9.17, 15) is 13.6 Å². The van der Waals surface area contributed by atoms with Gasteiger partial charge in [-0.1, -0.05) is 6.92 Å². The van der Waals surface area contributed by atoms with E-state index < -0.39 is 11.6 Å². The van der Waals surface area contributed by atoms with Gasteiger partial charge in [0, 0.05) is 48.7 Å². The summed E-state index contributed by atoms with van der Waals surface area (Å²) in [5, 5.41) is 0.630. The van der Waals surface area contributed by atoms with E-state index in [-0.39, 0.29) is 11.3 Å². The Balaban J connectivity index is 1.88. The Morgan fingerprint density at radius 3 is 2.70 bits per heavy atom. The Kier molecular flexibility index (Phi) is 5.54. The predicted molar refractivity (Wildman–Crippen MR) is 78.3 cm³/mol. The fraction of sp³-hybridized carbons (Fsp3) is 0.533. The number of nitrogens with zero attached hydrogens (tertiary/aromatic N) is 1. The van der Waals surface area contributed by atoms with Crippen LogP contribution < -0.4 is 0 Å². The lowest BCUT2D eigenvalue weighted by Gasteiger charge is -2.31. The van der Waals surface area contributed by atoms with Crippen molar-refractivity contribution in [3.05, 3.63) is 35.4 Å². The van der Waals surface area contributed by atoms with Gasteiger partial charge in [-0.3, -0.25) is 4.79 Å². The zero-order valence-electron chi connectivity index (χ0n) is 11.6. The molecule has 0 spiro atoms. The van der Waals surface area contributed by atoms with Crippen LogP contribution in [-0.4, -0.2) is 41.3 Å². The third-order valence-corrected chi connectivity index (χ3v) is 4.89. The molecule has 1 fully saturated rings. The number of ketones is 1. The van der Waals surface area contributed by atoms with Crippen LogP contribution in [0.25, 0.3) is 0 Å². The Morgan fingerprint density at radius 1 is 1.35 bits per heavy atom. The molecular formula is C15H19F2NOS. The van der Waals surface area contributed by atoms with E-state index >= 15 is 0 Å². The van der Waals surface area contributed by atoms with E-state index in [0.29, 0.717) is 18.2 Å². The lowest BCUT2D eigenvalue weighted by atomic mass is 10.1. The summed E-state index contributed by atoms with van der Waals surface area (Å²) in [6.07, 6.45) is 1.44. The number of benzene rings is 1. The van der Waals surface area contributed by atoms with E-state index in [1.54, 1.807) is 0 Å². The molecule has 0 aliphatic carbocycles. The molecule has 1 aliphatic heterocycles. The number of hydrogen-bond acceptors (Lipinski definition) is 3. The molecule has 1 atom stereocenters. The Hall–Kier alpha value is -0.940. The van der Waals surface area contributed by atoms with Gasteiger partial charge in [-0.2, -0.15) is 11.8 Å². The maximum atomic E-state index is 13.1. The van der Waals surface area contributed by atoms with Crippen molar-refractivity contribution in [3.8, 4) is 0 Å². The van der Waals surface area contributed by atoms with E-state index in [1.165, 1.54) is 0 Å². The van der Waals surface area contributed by atoms with E-state index in [2.05, 4.69) is 11.8 Å². The monoisotopic (exact) mass is 299 g/mol. The van der Waals surface area contributed by atoms with Crippen molar-refractivity contribution in [3.63, 3.8) is 0 Å². The first-order valence-corrected chi connectivity index (χ1v) is 7.96. The second-order valence-electron chi connectivity index (χ2n) is 5.03. The minimum atomic E-state index is -0.700. The molecule has 0 amide bonds. The predicted octanol–water partition coefficient (Wildman–Crippen LogP) is 3.37. The van der Waals surface area contributed by atoms with Gasteiger partial charge in [-0.05, 0) is 18.6 Å². The quantitative estimate of drug-likeness (QED) is 0.778. The highest BCUT2D eigenvalue weighted by Crippen LogP contribution is 2.21. The molecule has 0 aromatic heterocycles. The first-order chi connectivity index (χ1) is 9.58. The molecule has 0 bridgehead atoms. The van der Waals surface area contributed by atoms with Crippen molar-refractivity contribution in [1.82, 2.24) is 4.90 Å². The van der Waals surface area contributed by atoms with Crippen molar-refractivity contribution < 1.29 is 13.6 Å². The van der Waals surface area contributed by atoms with Crippen LogP contribution in [0.5, 0.6) is 0 Å². The largest absolute Gasteiger partial charge is 0.301 e. The molecule has 2 rings (SSSR count). The number of carbonyl (C=O) groups excluding carboxylic acids is 1. The molecule has 1 unspecified atom stereocenters. The van der Waals surface area contributed by atoms with Gasteiger partial charge < -0.3 is 4.90 Å². The van der Waals surface area contributed by atoms with Crippen LogP contribution in [0.15, 0.2) is 18.2 Å². The van der Waals surface area contributed by atoms with Crippen molar-refractivity contribution >= 4 is 17.5 Å². The van der Waals surface area contributed by atoms with Crippen LogP contribution in [-0.2, 0) is 0 Å². The number of halogens is 2. The minimum absolute atomic E-state index is 0.126. The van der Waals surface area contributed by atoms with Gasteiger partial charge in [0.05, 0.1) is 0 Å². The summed E-state index contributed by atoms with van der Waals surface area (Å²) >= 11 is 1.98. The fourth-order valence-electron chi connectivity index (χ4n) is 2.35. The van der Waals surface area contributed by atoms with Gasteiger partial charge in [0.15, 0.2) is 5.78 Å². The van der Waals surface area contributed by atoms with Gasteiger partial charge in [-0.15, -0.1) is 0 Å². The molecule has 20 heavy (non-hydrogen) atoms. The molecule has 110 valence electrons. The summed E-state index contributed by atoms with van der Waals surface area (Å²) in [5.41, 5.74) is 0.126. The third-order valence-electron chi connectivity index (χ3n) is 3.52. The summed E-state index contributed by atoms with van der Waals surface area (Å²) in [6, 6.07) is 2.99. The smallest absolute Gasteiger partial charge is 0.164 e. The Bertz CT molecular complexity index is 461. The third kappa shape index (κ3) is 4.28. The SMILES string of the molecule is CCC1CN(CCC(=O)c2cc(F)cc(F)c2)CCS1. The molecule has 1 aliphatic rings. The summed E-state index contributed by atoms with van der Waals surface area (Å²) in [7, 11) is 0. The number of hydrogen-bond donors (Lipinski definition) is 0. The molecular weight excluding hydrogens is 280 g/mol. The summed E-state index contributed by atoms with van der Waals surface area (Å²) in [6.45, 7) is 4.80. The van der Waals surface area contributed by atoms with E-state index in [1.807, 2.05) is 11.8 Å². The Labute approximate surface area is 122 Å². The minimum Gasteiger partial charge on any atom is -0.301 e. The summed E-state index contributed by atoms with van der Waals surface area (Å²) in [4.78, 5) is 14.2. The number of rotatable bonds is 5. The summed E-state index contributed by atoms with van der Waals surface area (Å²) in [5.74, 6) is -0.515. The molecule has 0 saturated carbocycles. The standard InChI is InChI=1S/C15H19F2NOS/c1-2-14-10-18(5-6-20-14)4-3-15(19)11-7-12(16)9-13(17)8-11/h7-9,14H,2-6,10H2,1H3. The second-order valence-corrected chi connectivity index (χ2v) is 6.44. The van der Waals surface area contributed by atoms with Gasteiger partial charge in [0.2, 0.25) is 0 Å². The van der Waals surface area contributed by atoms with Gasteiger partial charge in [-0.25, -0.2) is 8.78 Å². The van der Waals surface area contributed by atoms with Gasteiger partial charge in [0.1, 0.15) is 11.6 Å². The lowest BCUT2D eigenvalue weighted by Crippen LogP contribution is -2.38. The second kappa shape index (κ2) is 7.18. The molecule has 1 saturated heterocycles. The average molecular weight is 299 g/mol. The van der Waals surface area contributed by atoms with Crippen molar-refractivity contribution in [2.24, 2.45) is 0 Å². The first kappa shape index (κ1) is 15.4. The maximum absolute atomic E-state index is 13.1. The van der Waals surface area contributed by atoms with E-state index in [0.717, 1.165) is 43.5 Å². The number of carbonyl (C=O) groups is 1. The normalized spacial score (nSPS) is 20.1. The number of Topliss-reactive ketones (excluding diaryl/α,β-unsaturated/α-hetero) is 1. The van der Waals surface area contributed by atoms with Crippen molar-refractivity contribution in [2.45, 2.75) is 25.0 Å². The molecule has 5 heteroatoms. The topological polar surface area (TPSA) is 20.3 Å². The molecule has 1 aromatic carbocycles. The molecule has 0 N–H and O–H groups in total. The average Bonchev–Trinajstić information content (AvgIpc) is 2.44. The zero-order chi connectivity index (χ0) is 14.5. The van der Waals surface area contributed by atoms with Crippen LogP contribution in [0.4, 0.5) is 8.78 Å². The zero-order valence-corrected chi connectivity index (χ0v) is 12.4. The molecule has 1 heterocycles. The highest BCUT2D eigenvalue weighted by Gasteiger charge is 2.19. The lowest BCUT2D eigenvalue weighted by molar-refractivity contribution is 0.0964. The van der Waals surface area contributed by atoms with Gasteiger partial charge in [0.25, 0.3) is 0 Å². The van der Waals surface area contributed by atoms with Crippen LogP contribution in [0.2, 0.25) is 0 Å². The van der Waals surface area contributed by atoms with Crippen LogP contribution in [0.3, 0.4) is 0 Å². The summed E-state index contributed by atoms with van der Waals surface area (Å²) < 4.78 is 26.1. The Morgan fingerprint density at radius 2 is 2.05 bits per heavy atom. The van der Waals surface area contributed by atoms with Crippen LogP contribution in [0.1, 0.15) is 30.1 Å². The molecule has 1 aromatic rings. The number of thioether (sulfide) groups is 1. The molecule has 2 nitrogen and oxygen atoms in total. The molecule has 0 radical (unpaired) electrons. The van der Waals surface area contributed by atoms with Crippen molar-refractivity contribution in [1.29, 1.82) is 0 Å². The van der Waals surface area contributed by atoms with Crippen LogP contribution in [0, 0.1) is 11.6 Å². The highest BCUT2D eigenvalue weighted by atomic mass is 32.2.